The zero-order valence-corrected chi connectivity index (χ0v) is 34.7. The normalized spacial score (nSPS) is 45.4. The van der Waals surface area contributed by atoms with Gasteiger partial charge in [-0.2, -0.15) is 0 Å². The lowest BCUT2D eigenvalue weighted by Gasteiger charge is -2.72. The second-order valence-corrected chi connectivity index (χ2v) is 23.5. The van der Waals surface area contributed by atoms with Crippen LogP contribution in [0, 0.1) is 56.7 Å². The van der Waals surface area contributed by atoms with Crippen LogP contribution in [0.4, 0.5) is 4.39 Å². The predicted octanol–water partition coefficient (Wildman–Crippen LogP) is 8.07. The summed E-state index contributed by atoms with van der Waals surface area (Å²) in [6.07, 6.45) is 16.2. The third-order valence-electron chi connectivity index (χ3n) is 18.0. The molecule has 8 heteroatoms. The number of carbonyl (C=O) groups is 1. The quantitative estimate of drug-likeness (QED) is 0.163. The number of fused-ring (bicyclic) bond motifs is 7. The molecule has 4 saturated carbocycles. The van der Waals surface area contributed by atoms with Crippen molar-refractivity contribution in [3.8, 4) is 0 Å². The van der Waals surface area contributed by atoms with Gasteiger partial charge in [-0.15, -0.1) is 0 Å². The number of rotatable bonds is 9. The number of aliphatic carboxylic acids is 1. The number of carboxylic acid groups (broad SMARTS) is 1. The number of alkyl halides is 1. The molecule has 0 aromatic carbocycles. The van der Waals surface area contributed by atoms with Gasteiger partial charge < -0.3 is 15.5 Å². The van der Waals surface area contributed by atoms with Gasteiger partial charge >= 0.3 is 5.97 Å². The summed E-state index contributed by atoms with van der Waals surface area (Å²) < 4.78 is 26.4. The number of hydrogen-bond acceptors (Lipinski definition) is 5. The second kappa shape index (κ2) is 13.6. The van der Waals surface area contributed by atoms with Gasteiger partial charge in [-0.05, 0) is 162 Å². The van der Waals surface area contributed by atoms with Crippen molar-refractivity contribution in [2.24, 2.45) is 56.7 Å². The molecule has 11 atom stereocenters. The molecule has 1 unspecified atom stereocenters. The maximum Gasteiger partial charge on any atom is 0.312 e. The average Bonchev–Trinajstić information content (AvgIpc) is 3.49. The maximum absolute atomic E-state index is 14.0. The summed E-state index contributed by atoms with van der Waals surface area (Å²) >= 11 is 0. The average molecular weight is 755 g/mol. The first-order valence-corrected chi connectivity index (χ1v) is 23.2. The number of aliphatic hydroxyl groups is 1. The van der Waals surface area contributed by atoms with Crippen molar-refractivity contribution in [3.63, 3.8) is 0 Å². The summed E-state index contributed by atoms with van der Waals surface area (Å²) in [5.41, 5.74) is 3.36. The van der Waals surface area contributed by atoms with E-state index in [0.717, 1.165) is 32.4 Å². The second-order valence-electron chi connectivity index (χ2n) is 20.7. The summed E-state index contributed by atoms with van der Waals surface area (Å²) in [6.45, 7) is 21.6. The SMILES string of the molecule is C=C(C)[C@@H]1CC[C@]2(NCC(O)CN3CCS(=C)(=O)CC3)CC[C@]3(C)[C@H](CC[C@@H]4[C@@]5(C)CC=C(C6=CC[C@](CF)(C(=O)O)CC6)C(C)(C)[C@@H]5CC[C@]43C)[C@@H]12. The van der Waals surface area contributed by atoms with Gasteiger partial charge in [0.1, 0.15) is 6.67 Å². The first kappa shape index (κ1) is 39.7. The van der Waals surface area contributed by atoms with Crippen LogP contribution in [0.2, 0.25) is 0 Å². The lowest BCUT2D eigenvalue weighted by molar-refractivity contribution is -0.221. The molecule has 0 spiro atoms. The van der Waals surface area contributed by atoms with Crippen LogP contribution < -0.4 is 5.32 Å². The number of allylic oxidation sites excluding steroid dienone is 5. The molecule has 298 valence electrons. The van der Waals surface area contributed by atoms with Crippen LogP contribution in [-0.2, 0) is 14.3 Å². The van der Waals surface area contributed by atoms with Gasteiger partial charge in [0.25, 0.3) is 0 Å². The molecule has 7 aliphatic rings. The zero-order chi connectivity index (χ0) is 38.4. The van der Waals surface area contributed by atoms with Crippen LogP contribution in [-0.4, -0.2) is 87.2 Å². The fourth-order valence-electron chi connectivity index (χ4n) is 14.8. The highest BCUT2D eigenvalue weighted by Gasteiger charge is 2.70. The van der Waals surface area contributed by atoms with Crippen molar-refractivity contribution in [3.05, 3.63) is 35.5 Å². The molecule has 1 heterocycles. The van der Waals surface area contributed by atoms with Crippen LogP contribution >= 0.6 is 0 Å². The van der Waals surface area contributed by atoms with Gasteiger partial charge in [-0.3, -0.25) is 13.9 Å². The predicted molar refractivity (Wildman–Crippen MR) is 216 cm³/mol. The van der Waals surface area contributed by atoms with E-state index >= 15 is 0 Å². The third kappa shape index (κ3) is 6.20. The summed E-state index contributed by atoms with van der Waals surface area (Å²) in [7, 11) is -1.95. The highest BCUT2D eigenvalue weighted by Crippen LogP contribution is 2.76. The molecule has 0 aromatic rings. The largest absolute Gasteiger partial charge is 0.481 e. The van der Waals surface area contributed by atoms with Crippen molar-refractivity contribution in [2.75, 3.05) is 44.4 Å². The Kier molecular flexibility index (Phi) is 10.2. The van der Waals surface area contributed by atoms with E-state index in [1.54, 1.807) is 0 Å². The molecular weight excluding hydrogens is 684 g/mol. The Morgan fingerprint density at radius 2 is 1.70 bits per heavy atom. The molecule has 0 bridgehead atoms. The molecule has 0 aromatic heterocycles. The van der Waals surface area contributed by atoms with Gasteiger partial charge in [0, 0.05) is 43.2 Å². The Morgan fingerprint density at radius 3 is 2.32 bits per heavy atom. The van der Waals surface area contributed by atoms with Gasteiger partial charge in [0.2, 0.25) is 0 Å². The van der Waals surface area contributed by atoms with Gasteiger partial charge in [0.15, 0.2) is 0 Å². The van der Waals surface area contributed by atoms with E-state index in [9.17, 15) is 23.6 Å². The van der Waals surface area contributed by atoms with Crippen molar-refractivity contribution in [2.45, 2.75) is 130 Å². The Bertz CT molecular complexity index is 1640. The number of β-amino-alcohol motifs (C(OH)–C–C–N with tert-alkyl or cyclic N) is 1. The highest BCUT2D eigenvalue weighted by molar-refractivity contribution is 8.00. The van der Waals surface area contributed by atoms with Crippen LogP contribution in [0.3, 0.4) is 0 Å². The molecule has 0 radical (unpaired) electrons. The highest BCUT2D eigenvalue weighted by atomic mass is 32.2. The van der Waals surface area contributed by atoms with E-state index in [1.807, 2.05) is 0 Å². The molecule has 53 heavy (non-hydrogen) atoms. The van der Waals surface area contributed by atoms with Crippen molar-refractivity contribution < 1.29 is 23.6 Å². The molecule has 5 fully saturated rings. The standard InChI is InChI=1S/C45H71FN2O4S/c1-30(2)33-13-20-45(47-27-32(49)28-48-23-25-53(8,52)26-24-48)22-21-42(6)35(38(33)45)9-10-37-41(5)16-14-34(40(3,4)36(41)15-17-43(37,42)7)31-11-18-44(29-46,19-12-31)39(50)51/h11,14,32-33,35-38,47,49H,1,8-10,12-13,15-29H2,2-7H3,(H,50,51)/t32?,33-,35+,36-,37+,38+,41-,42+,43+,44-,45-/m0/s1. The number of aliphatic hydroxyl groups excluding tert-OH is 1. The Morgan fingerprint density at radius 1 is 0.981 bits per heavy atom. The minimum absolute atomic E-state index is 0.0271. The monoisotopic (exact) mass is 755 g/mol. The summed E-state index contributed by atoms with van der Waals surface area (Å²) in [6, 6.07) is 0. The van der Waals surface area contributed by atoms with E-state index in [1.165, 1.54) is 55.2 Å². The molecule has 6 nitrogen and oxygen atoms in total. The summed E-state index contributed by atoms with van der Waals surface area (Å²) in [5.74, 6) is 6.98. The first-order chi connectivity index (χ1) is 24.8. The van der Waals surface area contributed by atoms with Crippen molar-refractivity contribution in [1.29, 1.82) is 0 Å². The Hall–Kier alpha value is -1.48. The fraction of sp³-hybridized carbons (Fsp3) is 0.822. The van der Waals surface area contributed by atoms with Crippen molar-refractivity contribution in [1.82, 2.24) is 10.2 Å². The fourth-order valence-corrected chi connectivity index (χ4v) is 16.2. The Balaban J connectivity index is 1.12. The van der Waals surface area contributed by atoms with Crippen LogP contribution in [0.5, 0.6) is 0 Å². The molecule has 1 saturated heterocycles. The van der Waals surface area contributed by atoms with Crippen LogP contribution in [0.15, 0.2) is 35.5 Å². The minimum Gasteiger partial charge on any atom is -0.481 e. The smallest absolute Gasteiger partial charge is 0.312 e. The van der Waals surface area contributed by atoms with Crippen LogP contribution in [0.25, 0.3) is 0 Å². The number of nitrogens with zero attached hydrogens (tertiary/aromatic N) is 1. The van der Waals surface area contributed by atoms with Gasteiger partial charge in [-0.25, -0.2) is 4.39 Å². The minimum atomic E-state index is -1.95. The molecule has 0 amide bonds. The number of carboxylic acids is 1. The molecule has 1 aliphatic heterocycles. The number of halogens is 1. The van der Waals surface area contributed by atoms with E-state index in [4.69, 9.17) is 0 Å². The number of hydrogen-bond donors (Lipinski definition) is 3. The lowest BCUT2D eigenvalue weighted by Crippen LogP contribution is -2.68. The molecule has 3 N–H and O–H groups in total. The van der Waals surface area contributed by atoms with Crippen LogP contribution in [0.1, 0.15) is 119 Å². The van der Waals surface area contributed by atoms with E-state index in [2.05, 4.69) is 76.4 Å². The molecular formula is C45H71FN2O4S. The van der Waals surface area contributed by atoms with E-state index in [-0.39, 0.29) is 33.6 Å². The summed E-state index contributed by atoms with van der Waals surface area (Å²) in [4.78, 5) is 14.3. The molecule has 7 rings (SSSR count). The summed E-state index contributed by atoms with van der Waals surface area (Å²) in [5, 5.41) is 25.2. The van der Waals surface area contributed by atoms with Gasteiger partial charge in [-0.1, -0.05) is 58.9 Å². The van der Waals surface area contributed by atoms with E-state index in [0.29, 0.717) is 67.0 Å². The Labute approximate surface area is 320 Å². The maximum atomic E-state index is 14.0. The third-order valence-corrected chi connectivity index (χ3v) is 19.9. The van der Waals surface area contributed by atoms with Crippen molar-refractivity contribution >= 4 is 21.4 Å². The number of nitrogens with one attached hydrogen (secondary N) is 1. The van der Waals surface area contributed by atoms with E-state index < -0.39 is 33.7 Å². The van der Waals surface area contributed by atoms with Gasteiger partial charge in [0.05, 0.1) is 11.5 Å². The zero-order valence-electron chi connectivity index (χ0n) is 33.9. The topological polar surface area (TPSA) is 89.9 Å². The lowest BCUT2D eigenvalue weighted by atomic mass is 9.33. The molecule has 6 aliphatic carbocycles. The first-order valence-electron chi connectivity index (χ1n) is 21.1.